The van der Waals surface area contributed by atoms with Gasteiger partial charge in [0, 0.05) is 23.1 Å². The Balaban J connectivity index is 1.83. The normalized spacial score (nSPS) is 13.2. The van der Waals surface area contributed by atoms with E-state index in [1.165, 1.54) is 7.11 Å². The molecule has 0 bridgehead atoms. The molecular formula is C22H20ClNO5. The summed E-state index contributed by atoms with van der Waals surface area (Å²) >= 11 is 6.35. The van der Waals surface area contributed by atoms with Gasteiger partial charge in [0.05, 0.1) is 29.8 Å². The molecule has 2 aromatic carbocycles. The number of carbonyl (C=O) groups excluding carboxylic acids is 1. The molecule has 6 nitrogen and oxygen atoms in total. The van der Waals surface area contributed by atoms with Gasteiger partial charge in [0.25, 0.3) is 0 Å². The molecule has 0 amide bonds. The first-order valence-corrected chi connectivity index (χ1v) is 9.56. The van der Waals surface area contributed by atoms with Crippen molar-refractivity contribution in [2.75, 3.05) is 18.7 Å². The van der Waals surface area contributed by atoms with Gasteiger partial charge in [-0.1, -0.05) is 23.7 Å². The summed E-state index contributed by atoms with van der Waals surface area (Å²) in [5.41, 5.74) is 3.58. The lowest BCUT2D eigenvalue weighted by molar-refractivity contribution is -0.139. The lowest BCUT2D eigenvalue weighted by Crippen LogP contribution is -2.32. The van der Waals surface area contributed by atoms with Crippen LogP contribution in [0.3, 0.4) is 0 Å². The van der Waals surface area contributed by atoms with E-state index in [0.717, 1.165) is 22.2 Å². The van der Waals surface area contributed by atoms with Crippen LogP contribution in [0.5, 0.6) is 5.75 Å². The number of anilines is 1. The van der Waals surface area contributed by atoms with Crippen LogP contribution in [0, 0.1) is 13.8 Å². The number of ether oxygens (including phenoxy) is 2. The van der Waals surface area contributed by atoms with Crippen molar-refractivity contribution in [2.45, 2.75) is 26.8 Å². The van der Waals surface area contributed by atoms with E-state index in [-0.39, 0.29) is 6.42 Å². The third kappa shape index (κ3) is 3.34. The maximum atomic E-state index is 12.5. The largest absolute Gasteiger partial charge is 0.472 e. The van der Waals surface area contributed by atoms with Crippen molar-refractivity contribution in [3.8, 4) is 5.75 Å². The van der Waals surface area contributed by atoms with E-state index in [9.17, 15) is 9.59 Å². The summed E-state index contributed by atoms with van der Waals surface area (Å²) < 4.78 is 16.3. The molecule has 29 heavy (non-hydrogen) atoms. The van der Waals surface area contributed by atoms with Gasteiger partial charge in [0.15, 0.2) is 6.73 Å². The lowest BCUT2D eigenvalue weighted by Gasteiger charge is -2.32. The smallest absolute Gasteiger partial charge is 0.340 e. The molecule has 4 rings (SSSR count). The van der Waals surface area contributed by atoms with Gasteiger partial charge < -0.3 is 18.8 Å². The highest BCUT2D eigenvalue weighted by Crippen LogP contribution is 2.38. The SMILES string of the molecule is COC(=O)Cc1c(C)c2cc3c(c(C)c2oc1=O)OCN(c1ccccc1Cl)C3. The Kier molecular flexibility index (Phi) is 4.96. The van der Waals surface area contributed by atoms with Crippen LogP contribution in [-0.4, -0.2) is 19.8 Å². The van der Waals surface area contributed by atoms with E-state index in [2.05, 4.69) is 0 Å². The molecule has 3 aromatic rings. The number of para-hydroxylation sites is 1. The lowest BCUT2D eigenvalue weighted by atomic mass is 9.97. The number of hydrogen-bond acceptors (Lipinski definition) is 6. The van der Waals surface area contributed by atoms with Crippen LogP contribution in [0.4, 0.5) is 5.69 Å². The summed E-state index contributed by atoms with van der Waals surface area (Å²) in [6.45, 7) is 4.63. The van der Waals surface area contributed by atoms with Gasteiger partial charge in [-0.05, 0) is 37.6 Å². The molecule has 0 saturated heterocycles. The zero-order valence-electron chi connectivity index (χ0n) is 16.4. The van der Waals surface area contributed by atoms with Gasteiger partial charge in [-0.25, -0.2) is 4.79 Å². The molecule has 0 radical (unpaired) electrons. The molecule has 0 N–H and O–H groups in total. The third-order valence-electron chi connectivity index (χ3n) is 5.30. The number of halogens is 1. The zero-order valence-corrected chi connectivity index (χ0v) is 17.1. The van der Waals surface area contributed by atoms with Crippen LogP contribution in [0.25, 0.3) is 11.0 Å². The van der Waals surface area contributed by atoms with Gasteiger partial charge >= 0.3 is 11.6 Å². The fraction of sp³-hybridized carbons (Fsp3) is 0.273. The number of benzene rings is 2. The predicted molar refractivity (Wildman–Crippen MR) is 111 cm³/mol. The molecule has 1 aliphatic heterocycles. The highest BCUT2D eigenvalue weighted by molar-refractivity contribution is 6.33. The van der Waals surface area contributed by atoms with Crippen LogP contribution in [0.1, 0.15) is 22.3 Å². The minimum absolute atomic E-state index is 0.126. The summed E-state index contributed by atoms with van der Waals surface area (Å²) in [4.78, 5) is 26.2. The first-order chi connectivity index (χ1) is 13.9. The number of fused-ring (bicyclic) bond motifs is 2. The van der Waals surface area contributed by atoms with Crippen molar-refractivity contribution in [2.24, 2.45) is 0 Å². The number of methoxy groups -OCH3 is 1. The fourth-order valence-electron chi connectivity index (χ4n) is 3.73. The average molecular weight is 414 g/mol. The quantitative estimate of drug-likeness (QED) is 0.475. The molecule has 0 unspecified atom stereocenters. The van der Waals surface area contributed by atoms with Crippen molar-refractivity contribution in [1.29, 1.82) is 0 Å². The highest BCUT2D eigenvalue weighted by atomic mass is 35.5. The van der Waals surface area contributed by atoms with Gasteiger partial charge in [-0.3, -0.25) is 4.79 Å². The number of rotatable bonds is 3. The van der Waals surface area contributed by atoms with Gasteiger partial charge in [-0.15, -0.1) is 0 Å². The predicted octanol–water partition coefficient (Wildman–Crippen LogP) is 4.14. The van der Waals surface area contributed by atoms with E-state index < -0.39 is 11.6 Å². The Labute approximate surface area is 172 Å². The summed E-state index contributed by atoms with van der Waals surface area (Å²) in [7, 11) is 1.29. The van der Waals surface area contributed by atoms with Crippen molar-refractivity contribution >= 4 is 34.2 Å². The number of aryl methyl sites for hydroxylation is 2. The molecule has 150 valence electrons. The van der Waals surface area contributed by atoms with Crippen LogP contribution >= 0.6 is 11.6 Å². The molecule has 1 aromatic heterocycles. The fourth-order valence-corrected chi connectivity index (χ4v) is 3.98. The van der Waals surface area contributed by atoms with E-state index >= 15 is 0 Å². The molecule has 0 aliphatic carbocycles. The second kappa shape index (κ2) is 7.44. The zero-order chi connectivity index (χ0) is 20.7. The molecule has 0 spiro atoms. The van der Waals surface area contributed by atoms with Crippen molar-refractivity contribution in [3.05, 3.63) is 68.0 Å². The van der Waals surface area contributed by atoms with E-state index in [0.29, 0.717) is 40.8 Å². The van der Waals surface area contributed by atoms with E-state index in [1.54, 1.807) is 0 Å². The summed E-state index contributed by atoms with van der Waals surface area (Å²) in [5.74, 6) is 0.228. The van der Waals surface area contributed by atoms with E-state index in [1.807, 2.05) is 49.1 Å². The molecule has 0 atom stereocenters. The minimum Gasteiger partial charge on any atom is -0.472 e. The monoisotopic (exact) mass is 413 g/mol. The molecule has 0 fully saturated rings. The van der Waals surface area contributed by atoms with Crippen LogP contribution in [0.15, 0.2) is 39.5 Å². The van der Waals surface area contributed by atoms with Crippen LogP contribution in [0.2, 0.25) is 5.02 Å². The Bertz CT molecular complexity index is 1180. The standard InChI is InChI=1S/C22H20ClNO5/c1-12-15-8-14-10-24(18-7-5-4-6-17(18)23)11-28-20(14)13(2)21(15)29-22(26)16(12)9-19(25)27-3/h4-8H,9-11H2,1-3H3. The molecular weight excluding hydrogens is 394 g/mol. The first-order valence-electron chi connectivity index (χ1n) is 9.18. The summed E-state index contributed by atoms with van der Waals surface area (Å²) in [6.07, 6.45) is -0.126. The Morgan fingerprint density at radius 2 is 2.00 bits per heavy atom. The summed E-state index contributed by atoms with van der Waals surface area (Å²) in [5, 5.41) is 1.43. The average Bonchev–Trinajstić information content (AvgIpc) is 2.72. The Morgan fingerprint density at radius 1 is 1.24 bits per heavy atom. The highest BCUT2D eigenvalue weighted by Gasteiger charge is 2.25. The molecule has 7 heteroatoms. The Hall–Kier alpha value is -2.99. The first kappa shape index (κ1) is 19.3. The maximum absolute atomic E-state index is 12.5. The number of hydrogen-bond donors (Lipinski definition) is 0. The van der Waals surface area contributed by atoms with Crippen LogP contribution < -0.4 is 15.3 Å². The topological polar surface area (TPSA) is 69.0 Å². The van der Waals surface area contributed by atoms with Gasteiger partial charge in [-0.2, -0.15) is 0 Å². The molecule has 1 aliphatic rings. The number of esters is 1. The maximum Gasteiger partial charge on any atom is 0.340 e. The van der Waals surface area contributed by atoms with Crippen molar-refractivity contribution in [1.82, 2.24) is 0 Å². The van der Waals surface area contributed by atoms with Crippen molar-refractivity contribution < 1.29 is 18.7 Å². The second-order valence-corrected chi connectivity index (χ2v) is 7.44. The van der Waals surface area contributed by atoms with Crippen molar-refractivity contribution in [3.63, 3.8) is 0 Å². The minimum atomic E-state index is -0.531. The molecule has 0 saturated carbocycles. The third-order valence-corrected chi connectivity index (χ3v) is 5.62. The Morgan fingerprint density at radius 3 is 2.72 bits per heavy atom. The van der Waals surface area contributed by atoms with E-state index in [4.69, 9.17) is 25.5 Å². The molecule has 2 heterocycles. The number of nitrogens with zero attached hydrogens (tertiary/aromatic N) is 1. The van der Waals surface area contributed by atoms with Crippen LogP contribution in [-0.2, 0) is 22.5 Å². The summed E-state index contributed by atoms with van der Waals surface area (Å²) in [6, 6.07) is 9.57. The van der Waals surface area contributed by atoms with Gasteiger partial charge in [0.2, 0.25) is 0 Å². The second-order valence-electron chi connectivity index (χ2n) is 7.04. The number of carbonyl (C=O) groups is 1. The van der Waals surface area contributed by atoms with Gasteiger partial charge in [0.1, 0.15) is 11.3 Å².